The van der Waals surface area contributed by atoms with E-state index in [2.05, 4.69) is 5.32 Å². The molecule has 0 aliphatic heterocycles. The molecule has 2 atom stereocenters. The lowest BCUT2D eigenvalue weighted by Crippen LogP contribution is -2.38. The van der Waals surface area contributed by atoms with Crippen LogP contribution in [0.25, 0.3) is 0 Å². The van der Waals surface area contributed by atoms with E-state index in [1.807, 2.05) is 0 Å². The standard InChI is InChI=1S/C13H17ClN2O2/c1-16-6-5-9(7-12(16)17)13(18)15-11-4-2-3-10(11)8-14/h5-7,10-11H,2-4,8H2,1H3,(H,15,18). The van der Waals surface area contributed by atoms with E-state index in [0.29, 0.717) is 17.4 Å². The minimum atomic E-state index is -0.185. The Kier molecular flexibility index (Phi) is 4.07. The van der Waals surface area contributed by atoms with Crippen LogP contribution in [-0.2, 0) is 7.05 Å². The molecular formula is C13H17ClN2O2. The third-order valence-electron chi connectivity index (χ3n) is 3.54. The molecule has 1 aromatic rings. The van der Waals surface area contributed by atoms with Crippen LogP contribution in [0.3, 0.4) is 0 Å². The van der Waals surface area contributed by atoms with Crippen molar-refractivity contribution in [3.05, 3.63) is 34.2 Å². The van der Waals surface area contributed by atoms with E-state index in [0.717, 1.165) is 19.3 Å². The first-order valence-corrected chi connectivity index (χ1v) is 6.69. The number of alkyl halides is 1. The highest BCUT2D eigenvalue weighted by atomic mass is 35.5. The molecular weight excluding hydrogens is 252 g/mol. The van der Waals surface area contributed by atoms with Gasteiger partial charge in [0.15, 0.2) is 0 Å². The fourth-order valence-corrected chi connectivity index (χ4v) is 2.72. The van der Waals surface area contributed by atoms with E-state index in [9.17, 15) is 9.59 Å². The van der Waals surface area contributed by atoms with E-state index >= 15 is 0 Å². The van der Waals surface area contributed by atoms with Gasteiger partial charge in [0.1, 0.15) is 0 Å². The molecule has 2 rings (SSSR count). The molecule has 98 valence electrons. The molecule has 1 saturated carbocycles. The van der Waals surface area contributed by atoms with Gasteiger partial charge >= 0.3 is 0 Å². The lowest BCUT2D eigenvalue weighted by Gasteiger charge is -2.18. The average Bonchev–Trinajstić information content (AvgIpc) is 2.79. The highest BCUT2D eigenvalue weighted by Gasteiger charge is 2.27. The predicted octanol–water partition coefficient (Wildman–Crippen LogP) is 1.52. The summed E-state index contributed by atoms with van der Waals surface area (Å²) < 4.78 is 1.44. The summed E-state index contributed by atoms with van der Waals surface area (Å²) in [5, 5.41) is 2.97. The predicted molar refractivity (Wildman–Crippen MR) is 71.0 cm³/mol. The number of halogens is 1. The van der Waals surface area contributed by atoms with Crippen molar-refractivity contribution in [1.82, 2.24) is 9.88 Å². The topological polar surface area (TPSA) is 51.1 Å². The summed E-state index contributed by atoms with van der Waals surface area (Å²) in [5.74, 6) is 0.735. The van der Waals surface area contributed by atoms with Gasteiger partial charge in [0.05, 0.1) is 0 Å². The molecule has 0 bridgehead atoms. The molecule has 0 radical (unpaired) electrons. The maximum absolute atomic E-state index is 12.0. The number of hydrogen-bond acceptors (Lipinski definition) is 2. The van der Waals surface area contributed by atoms with Gasteiger partial charge in [-0.1, -0.05) is 6.42 Å². The van der Waals surface area contributed by atoms with Crippen molar-refractivity contribution in [2.24, 2.45) is 13.0 Å². The summed E-state index contributed by atoms with van der Waals surface area (Å²) in [6.07, 6.45) is 4.72. The number of carbonyl (C=O) groups is 1. The van der Waals surface area contributed by atoms with Gasteiger partial charge in [0, 0.05) is 36.8 Å². The Hall–Kier alpha value is -1.29. The molecule has 5 heteroatoms. The Balaban J connectivity index is 2.07. The highest BCUT2D eigenvalue weighted by Crippen LogP contribution is 2.26. The first-order chi connectivity index (χ1) is 8.61. The van der Waals surface area contributed by atoms with Gasteiger partial charge < -0.3 is 9.88 Å². The summed E-state index contributed by atoms with van der Waals surface area (Å²) >= 11 is 5.87. The van der Waals surface area contributed by atoms with Crippen LogP contribution in [0.2, 0.25) is 0 Å². The maximum Gasteiger partial charge on any atom is 0.251 e. The summed E-state index contributed by atoms with van der Waals surface area (Å²) in [7, 11) is 1.66. The first-order valence-electron chi connectivity index (χ1n) is 6.15. The molecule has 4 nitrogen and oxygen atoms in total. The van der Waals surface area contributed by atoms with Crippen LogP contribution in [0.1, 0.15) is 29.6 Å². The van der Waals surface area contributed by atoms with Crippen molar-refractivity contribution >= 4 is 17.5 Å². The fraction of sp³-hybridized carbons (Fsp3) is 0.538. The van der Waals surface area contributed by atoms with E-state index in [1.165, 1.54) is 10.6 Å². The van der Waals surface area contributed by atoms with Crippen molar-refractivity contribution in [2.45, 2.75) is 25.3 Å². The van der Waals surface area contributed by atoms with Crippen LogP contribution in [0.5, 0.6) is 0 Å². The fourth-order valence-electron chi connectivity index (χ4n) is 2.35. The Labute approximate surface area is 111 Å². The van der Waals surface area contributed by atoms with E-state index in [-0.39, 0.29) is 17.5 Å². The second kappa shape index (κ2) is 5.57. The molecule has 1 fully saturated rings. The quantitative estimate of drug-likeness (QED) is 0.845. The SMILES string of the molecule is Cn1ccc(C(=O)NC2CCCC2CCl)cc1=O. The molecule has 0 spiro atoms. The monoisotopic (exact) mass is 268 g/mol. The van der Waals surface area contributed by atoms with Crippen molar-refractivity contribution < 1.29 is 4.79 Å². The minimum Gasteiger partial charge on any atom is -0.349 e. The molecule has 1 aliphatic carbocycles. The second-order valence-corrected chi connectivity index (χ2v) is 5.10. The molecule has 18 heavy (non-hydrogen) atoms. The van der Waals surface area contributed by atoms with Crippen LogP contribution in [0, 0.1) is 5.92 Å². The third-order valence-corrected chi connectivity index (χ3v) is 3.94. The zero-order valence-corrected chi connectivity index (χ0v) is 11.1. The van der Waals surface area contributed by atoms with Crippen LogP contribution in [0.4, 0.5) is 0 Å². The summed E-state index contributed by atoms with van der Waals surface area (Å²) in [6.45, 7) is 0. The van der Waals surface area contributed by atoms with Crippen LogP contribution >= 0.6 is 11.6 Å². The molecule has 2 unspecified atom stereocenters. The number of rotatable bonds is 3. The van der Waals surface area contributed by atoms with Crippen molar-refractivity contribution in [2.75, 3.05) is 5.88 Å². The number of pyridine rings is 1. The van der Waals surface area contributed by atoms with E-state index in [1.54, 1.807) is 19.3 Å². The minimum absolute atomic E-state index is 0.138. The first kappa shape index (κ1) is 13.1. The van der Waals surface area contributed by atoms with Crippen LogP contribution in [0.15, 0.2) is 23.1 Å². The molecule has 0 saturated heterocycles. The zero-order valence-electron chi connectivity index (χ0n) is 10.4. The Bertz CT molecular complexity index is 498. The highest BCUT2D eigenvalue weighted by molar-refractivity contribution is 6.18. The normalized spacial score (nSPS) is 23.0. The number of hydrogen-bond donors (Lipinski definition) is 1. The molecule has 1 amide bonds. The summed E-state index contributed by atoms with van der Waals surface area (Å²) in [6, 6.07) is 3.15. The number of aromatic nitrogens is 1. The zero-order chi connectivity index (χ0) is 13.1. The second-order valence-electron chi connectivity index (χ2n) is 4.79. The summed E-state index contributed by atoms with van der Waals surface area (Å²) in [5.41, 5.74) is 0.237. The van der Waals surface area contributed by atoms with Crippen LogP contribution < -0.4 is 10.9 Å². The summed E-state index contributed by atoms with van der Waals surface area (Å²) in [4.78, 5) is 23.5. The molecule has 1 heterocycles. The number of amides is 1. The van der Waals surface area contributed by atoms with E-state index in [4.69, 9.17) is 11.6 Å². The Morgan fingerprint density at radius 1 is 1.56 bits per heavy atom. The molecule has 1 aliphatic rings. The maximum atomic E-state index is 12.0. The van der Waals surface area contributed by atoms with Gasteiger partial charge in [0.25, 0.3) is 11.5 Å². The number of nitrogens with zero attached hydrogens (tertiary/aromatic N) is 1. The molecule has 1 aromatic heterocycles. The van der Waals surface area contributed by atoms with Crippen molar-refractivity contribution in [3.63, 3.8) is 0 Å². The van der Waals surface area contributed by atoms with Gasteiger partial charge in [-0.05, 0) is 24.8 Å². The van der Waals surface area contributed by atoms with Crippen molar-refractivity contribution in [1.29, 1.82) is 0 Å². The smallest absolute Gasteiger partial charge is 0.251 e. The van der Waals surface area contributed by atoms with Gasteiger partial charge in [-0.2, -0.15) is 0 Å². The Morgan fingerprint density at radius 3 is 3.00 bits per heavy atom. The lowest BCUT2D eigenvalue weighted by atomic mass is 10.1. The number of aryl methyl sites for hydroxylation is 1. The van der Waals surface area contributed by atoms with Gasteiger partial charge in [0.2, 0.25) is 0 Å². The van der Waals surface area contributed by atoms with Gasteiger partial charge in [-0.3, -0.25) is 9.59 Å². The Morgan fingerprint density at radius 2 is 2.33 bits per heavy atom. The molecule has 0 aromatic carbocycles. The van der Waals surface area contributed by atoms with E-state index < -0.39 is 0 Å². The van der Waals surface area contributed by atoms with Crippen molar-refractivity contribution in [3.8, 4) is 0 Å². The largest absolute Gasteiger partial charge is 0.349 e. The van der Waals surface area contributed by atoms with Gasteiger partial charge in [-0.25, -0.2) is 0 Å². The average molecular weight is 269 g/mol. The molecule has 1 N–H and O–H groups in total. The van der Waals surface area contributed by atoms with Crippen LogP contribution in [-0.4, -0.2) is 22.4 Å². The third kappa shape index (κ3) is 2.75. The number of nitrogens with one attached hydrogen (secondary N) is 1. The lowest BCUT2D eigenvalue weighted by molar-refractivity contribution is 0.0929. The number of carbonyl (C=O) groups excluding carboxylic acids is 1. The van der Waals surface area contributed by atoms with Gasteiger partial charge in [-0.15, -0.1) is 11.6 Å².